The first-order chi connectivity index (χ1) is 8.82. The number of carbonyl (C=O) groups excluding carboxylic acids is 2. The molecule has 0 aromatic carbocycles. The van der Waals surface area contributed by atoms with Crippen LogP contribution in [0, 0.1) is 5.92 Å². The Kier molecular flexibility index (Phi) is 5.65. The van der Waals surface area contributed by atoms with Crippen molar-refractivity contribution in [2.45, 2.75) is 39.3 Å². The van der Waals surface area contributed by atoms with E-state index in [0.717, 1.165) is 0 Å². The Bertz CT molecular complexity index is 373. The van der Waals surface area contributed by atoms with Gasteiger partial charge >= 0.3 is 5.97 Å². The summed E-state index contributed by atoms with van der Waals surface area (Å²) in [5.41, 5.74) is 0. The third kappa shape index (κ3) is 4.41. The molecule has 0 aromatic heterocycles. The number of hydrogen-bond donors (Lipinski definition) is 2. The van der Waals surface area contributed by atoms with Crippen LogP contribution in [-0.4, -0.2) is 51.5 Å². The van der Waals surface area contributed by atoms with Crippen LogP contribution in [0.2, 0.25) is 0 Å². The van der Waals surface area contributed by atoms with Gasteiger partial charge in [-0.2, -0.15) is 0 Å². The van der Waals surface area contributed by atoms with Crippen LogP contribution in [0.1, 0.15) is 27.2 Å². The van der Waals surface area contributed by atoms with Gasteiger partial charge in [0.2, 0.25) is 11.8 Å². The topological polar surface area (TPSA) is 86.7 Å². The van der Waals surface area contributed by atoms with Gasteiger partial charge in [0, 0.05) is 12.7 Å². The third-order valence-corrected chi connectivity index (χ3v) is 3.92. The van der Waals surface area contributed by atoms with Crippen molar-refractivity contribution >= 4 is 29.5 Å². The molecule has 2 amide bonds. The van der Waals surface area contributed by atoms with Gasteiger partial charge in [0.15, 0.2) is 0 Å². The Morgan fingerprint density at radius 1 is 1.42 bits per heavy atom. The Morgan fingerprint density at radius 3 is 2.53 bits per heavy atom. The predicted octanol–water partition coefficient (Wildman–Crippen LogP) is 0.523. The third-order valence-electron chi connectivity index (χ3n) is 2.91. The van der Waals surface area contributed by atoms with E-state index in [0.29, 0.717) is 18.1 Å². The summed E-state index contributed by atoms with van der Waals surface area (Å²) in [4.78, 5) is 36.0. The Labute approximate surface area is 116 Å². The van der Waals surface area contributed by atoms with Gasteiger partial charge in [-0.3, -0.25) is 9.59 Å². The summed E-state index contributed by atoms with van der Waals surface area (Å²) >= 11 is 1.49. The van der Waals surface area contributed by atoms with Crippen molar-refractivity contribution in [1.82, 2.24) is 10.2 Å². The quantitative estimate of drug-likeness (QED) is 0.770. The Hall–Kier alpha value is -1.24. The highest BCUT2D eigenvalue weighted by Crippen LogP contribution is 2.21. The summed E-state index contributed by atoms with van der Waals surface area (Å²) in [5, 5.41) is 11.6. The highest BCUT2D eigenvalue weighted by molar-refractivity contribution is 7.99. The fraction of sp³-hybridized carbons (Fsp3) is 0.750. The molecule has 1 aliphatic heterocycles. The van der Waals surface area contributed by atoms with Gasteiger partial charge in [-0.25, -0.2) is 4.79 Å². The second-order valence-corrected chi connectivity index (χ2v) is 6.03. The number of aliphatic carboxylic acids is 1. The molecule has 0 radical (unpaired) electrons. The zero-order chi connectivity index (χ0) is 14.6. The number of rotatable bonds is 5. The van der Waals surface area contributed by atoms with E-state index in [1.165, 1.54) is 23.6 Å². The monoisotopic (exact) mass is 288 g/mol. The van der Waals surface area contributed by atoms with Gasteiger partial charge < -0.3 is 15.3 Å². The minimum absolute atomic E-state index is 0.166. The van der Waals surface area contributed by atoms with Crippen LogP contribution >= 0.6 is 11.8 Å². The smallest absolute Gasteiger partial charge is 0.326 e. The van der Waals surface area contributed by atoms with Crippen LogP contribution < -0.4 is 5.32 Å². The van der Waals surface area contributed by atoms with E-state index in [-0.39, 0.29) is 17.7 Å². The summed E-state index contributed by atoms with van der Waals surface area (Å²) in [6.07, 6.45) is 0.376. The average molecular weight is 288 g/mol. The first-order valence-corrected chi connectivity index (χ1v) is 7.36. The molecule has 0 aliphatic carbocycles. The van der Waals surface area contributed by atoms with E-state index < -0.39 is 18.1 Å². The average Bonchev–Trinajstić information content (AvgIpc) is 2.76. The van der Waals surface area contributed by atoms with Gasteiger partial charge in [-0.05, 0) is 12.3 Å². The van der Waals surface area contributed by atoms with Crippen LogP contribution in [0.5, 0.6) is 0 Å². The highest BCUT2D eigenvalue weighted by Gasteiger charge is 2.34. The van der Waals surface area contributed by atoms with Gasteiger partial charge in [0.25, 0.3) is 0 Å². The molecule has 1 unspecified atom stereocenters. The number of carboxylic acid groups (broad SMARTS) is 1. The molecule has 6 nitrogen and oxygen atoms in total. The standard InChI is InChI=1S/C12H20N2O4S/c1-7(2)4-9(12(17)18)13-11(16)10-5-19-6-14(10)8(3)15/h7,9-10H,4-6H2,1-3H3,(H,13,16)(H,17,18)/t9-,10?/m1/s1. The van der Waals surface area contributed by atoms with Crippen molar-refractivity contribution in [2.24, 2.45) is 5.92 Å². The molecule has 7 heteroatoms. The summed E-state index contributed by atoms with van der Waals surface area (Å²) in [5.74, 6) is -0.422. The van der Waals surface area contributed by atoms with Crippen molar-refractivity contribution in [1.29, 1.82) is 0 Å². The van der Waals surface area contributed by atoms with Gasteiger partial charge in [0.05, 0.1) is 5.88 Å². The second-order valence-electron chi connectivity index (χ2n) is 5.03. The summed E-state index contributed by atoms with van der Waals surface area (Å²) < 4.78 is 0. The molecule has 0 spiro atoms. The summed E-state index contributed by atoms with van der Waals surface area (Å²) in [6.45, 7) is 5.21. The van der Waals surface area contributed by atoms with Crippen LogP contribution in [0.15, 0.2) is 0 Å². The lowest BCUT2D eigenvalue weighted by Crippen LogP contribution is -2.51. The fourth-order valence-corrected chi connectivity index (χ4v) is 3.15. The maximum Gasteiger partial charge on any atom is 0.326 e. The molecule has 0 bridgehead atoms. The van der Waals surface area contributed by atoms with E-state index in [4.69, 9.17) is 5.11 Å². The van der Waals surface area contributed by atoms with Crippen LogP contribution in [0.4, 0.5) is 0 Å². The van der Waals surface area contributed by atoms with Crippen LogP contribution in [0.3, 0.4) is 0 Å². The SMILES string of the molecule is CC(=O)N1CSCC1C(=O)N[C@H](CC(C)C)C(=O)O. The molecule has 1 heterocycles. The number of hydrogen-bond acceptors (Lipinski definition) is 4. The zero-order valence-electron chi connectivity index (χ0n) is 11.4. The number of nitrogens with one attached hydrogen (secondary N) is 1. The second kappa shape index (κ2) is 6.79. The summed E-state index contributed by atoms with van der Waals surface area (Å²) in [7, 11) is 0. The van der Waals surface area contributed by atoms with Crippen molar-refractivity contribution < 1.29 is 19.5 Å². The maximum atomic E-state index is 12.1. The lowest BCUT2D eigenvalue weighted by atomic mass is 10.0. The molecule has 0 saturated carbocycles. The molecule has 1 aliphatic rings. The van der Waals surface area contributed by atoms with Gasteiger partial charge in [-0.15, -0.1) is 11.8 Å². The Morgan fingerprint density at radius 2 is 2.05 bits per heavy atom. The van der Waals surface area contributed by atoms with E-state index in [1.807, 2.05) is 13.8 Å². The number of nitrogens with zero attached hydrogens (tertiary/aromatic N) is 1. The van der Waals surface area contributed by atoms with Crippen LogP contribution in [0.25, 0.3) is 0 Å². The van der Waals surface area contributed by atoms with Crippen molar-refractivity contribution in [2.75, 3.05) is 11.6 Å². The number of carboxylic acids is 1. The molecule has 2 N–H and O–H groups in total. The van der Waals surface area contributed by atoms with Crippen molar-refractivity contribution in [3.63, 3.8) is 0 Å². The normalized spacial score (nSPS) is 20.4. The predicted molar refractivity (Wildman–Crippen MR) is 72.7 cm³/mol. The molecular formula is C12H20N2O4S. The lowest BCUT2D eigenvalue weighted by Gasteiger charge is -2.24. The fourth-order valence-electron chi connectivity index (χ4n) is 1.93. The van der Waals surface area contributed by atoms with E-state index in [9.17, 15) is 14.4 Å². The highest BCUT2D eigenvalue weighted by atomic mass is 32.2. The van der Waals surface area contributed by atoms with Crippen molar-refractivity contribution in [3.05, 3.63) is 0 Å². The first-order valence-electron chi connectivity index (χ1n) is 6.21. The molecule has 1 rings (SSSR count). The zero-order valence-corrected chi connectivity index (χ0v) is 12.2. The molecule has 0 aromatic rings. The maximum absolute atomic E-state index is 12.1. The molecule has 19 heavy (non-hydrogen) atoms. The first kappa shape index (κ1) is 15.8. The van der Waals surface area contributed by atoms with Crippen molar-refractivity contribution in [3.8, 4) is 0 Å². The lowest BCUT2D eigenvalue weighted by molar-refractivity contribution is -0.143. The number of amides is 2. The Balaban J connectivity index is 2.66. The molecular weight excluding hydrogens is 268 g/mol. The largest absolute Gasteiger partial charge is 0.480 e. The minimum Gasteiger partial charge on any atom is -0.480 e. The molecule has 108 valence electrons. The van der Waals surface area contributed by atoms with Gasteiger partial charge in [-0.1, -0.05) is 13.8 Å². The molecule has 1 fully saturated rings. The van der Waals surface area contributed by atoms with E-state index in [1.54, 1.807) is 0 Å². The van der Waals surface area contributed by atoms with Gasteiger partial charge in [0.1, 0.15) is 12.1 Å². The van der Waals surface area contributed by atoms with E-state index >= 15 is 0 Å². The number of thioether (sulfide) groups is 1. The minimum atomic E-state index is -1.04. The summed E-state index contributed by atoms with van der Waals surface area (Å²) in [6, 6.07) is -1.46. The number of carbonyl (C=O) groups is 3. The molecule has 2 atom stereocenters. The van der Waals surface area contributed by atoms with E-state index in [2.05, 4.69) is 5.32 Å². The molecule has 1 saturated heterocycles. The van der Waals surface area contributed by atoms with Crippen LogP contribution in [-0.2, 0) is 14.4 Å².